The maximum atomic E-state index is 12.7. The number of fused-ring (bicyclic) bond motifs is 1. The van der Waals surface area contributed by atoms with E-state index in [1.807, 2.05) is 12.1 Å². The maximum absolute atomic E-state index is 12.7. The highest BCUT2D eigenvalue weighted by Gasteiger charge is 2.28. The Morgan fingerprint density at radius 3 is 2.43 bits per heavy atom. The van der Waals surface area contributed by atoms with Crippen LogP contribution in [0.3, 0.4) is 0 Å². The van der Waals surface area contributed by atoms with Gasteiger partial charge in [0.05, 0.1) is 11.3 Å². The van der Waals surface area contributed by atoms with Crippen molar-refractivity contribution in [2.45, 2.75) is 44.2 Å². The summed E-state index contributed by atoms with van der Waals surface area (Å²) in [6.45, 7) is 0.124. The lowest BCUT2D eigenvalue weighted by atomic mass is 9.95. The molecule has 0 saturated heterocycles. The first kappa shape index (κ1) is 18.3. The molecule has 6 nitrogen and oxygen atoms in total. The summed E-state index contributed by atoms with van der Waals surface area (Å²) in [6, 6.07) is 14.5. The van der Waals surface area contributed by atoms with E-state index in [0.717, 1.165) is 25.7 Å². The number of carbonyl (C=O) groups excluding carboxylic acids is 2. The fourth-order valence-corrected chi connectivity index (χ4v) is 3.66. The molecule has 2 aromatic carbocycles. The Hall–Kier alpha value is -3.02. The lowest BCUT2D eigenvalue weighted by Gasteiger charge is -2.26. The second-order valence-electron chi connectivity index (χ2n) is 7.21. The Bertz CT molecular complexity index is 861. The lowest BCUT2D eigenvalue weighted by molar-refractivity contribution is -0.125. The number of para-hydroxylation sites is 3. The summed E-state index contributed by atoms with van der Waals surface area (Å²) >= 11 is 0. The molecule has 146 valence electrons. The van der Waals surface area contributed by atoms with Gasteiger partial charge < -0.3 is 20.1 Å². The van der Waals surface area contributed by atoms with E-state index in [-0.39, 0.29) is 24.5 Å². The van der Waals surface area contributed by atoms with Crippen LogP contribution in [-0.2, 0) is 4.79 Å². The second-order valence-corrected chi connectivity index (χ2v) is 7.21. The Labute approximate surface area is 164 Å². The third-order valence-electron chi connectivity index (χ3n) is 5.17. The smallest absolute Gasteiger partial charge is 0.269 e. The fourth-order valence-electron chi connectivity index (χ4n) is 3.66. The molecule has 1 fully saturated rings. The Morgan fingerprint density at radius 1 is 0.893 bits per heavy atom. The highest BCUT2D eigenvalue weighted by atomic mass is 16.6. The molecule has 1 aliphatic carbocycles. The number of rotatable bonds is 4. The van der Waals surface area contributed by atoms with Gasteiger partial charge in [-0.1, -0.05) is 43.5 Å². The average molecular weight is 380 g/mol. The summed E-state index contributed by atoms with van der Waals surface area (Å²) in [5, 5.41) is 5.92. The van der Waals surface area contributed by atoms with Crippen LogP contribution in [0.4, 0.5) is 5.69 Å². The molecule has 1 saturated carbocycles. The van der Waals surface area contributed by atoms with Gasteiger partial charge in [0.15, 0.2) is 11.5 Å². The number of ether oxygens (including phenoxy) is 2. The van der Waals surface area contributed by atoms with Crippen LogP contribution in [0.2, 0.25) is 0 Å². The molecule has 0 bridgehead atoms. The van der Waals surface area contributed by atoms with Crippen molar-refractivity contribution < 1.29 is 19.1 Å². The van der Waals surface area contributed by atoms with E-state index in [9.17, 15) is 9.59 Å². The van der Waals surface area contributed by atoms with Crippen molar-refractivity contribution in [2.75, 3.05) is 11.9 Å². The normalized spacial score (nSPS) is 18.9. The van der Waals surface area contributed by atoms with Gasteiger partial charge >= 0.3 is 0 Å². The van der Waals surface area contributed by atoms with Gasteiger partial charge in [0.25, 0.3) is 11.8 Å². The summed E-state index contributed by atoms with van der Waals surface area (Å²) in [5.74, 6) is 0.664. The molecule has 2 amide bonds. The van der Waals surface area contributed by atoms with Crippen molar-refractivity contribution in [3.63, 3.8) is 0 Å². The van der Waals surface area contributed by atoms with E-state index < -0.39 is 6.10 Å². The molecule has 1 atom stereocenters. The largest absolute Gasteiger partial charge is 0.485 e. The molecule has 0 aromatic heterocycles. The van der Waals surface area contributed by atoms with Gasteiger partial charge in [-0.15, -0.1) is 0 Å². The number of hydrogen-bond donors (Lipinski definition) is 2. The van der Waals surface area contributed by atoms with Gasteiger partial charge in [-0.2, -0.15) is 0 Å². The zero-order chi connectivity index (χ0) is 19.3. The molecule has 6 heteroatoms. The van der Waals surface area contributed by atoms with Crippen LogP contribution in [0, 0.1) is 0 Å². The molecule has 1 unspecified atom stereocenters. The molecule has 1 aliphatic heterocycles. The van der Waals surface area contributed by atoms with Crippen molar-refractivity contribution >= 4 is 17.5 Å². The van der Waals surface area contributed by atoms with Crippen LogP contribution < -0.4 is 20.1 Å². The van der Waals surface area contributed by atoms with Crippen LogP contribution in [0.5, 0.6) is 11.5 Å². The highest BCUT2D eigenvalue weighted by molar-refractivity contribution is 6.04. The molecule has 2 aliphatic rings. The van der Waals surface area contributed by atoms with Crippen molar-refractivity contribution in [3.05, 3.63) is 54.1 Å². The summed E-state index contributed by atoms with van der Waals surface area (Å²) in [5.41, 5.74) is 0.932. The zero-order valence-corrected chi connectivity index (χ0v) is 15.6. The van der Waals surface area contributed by atoms with Crippen LogP contribution in [0.25, 0.3) is 0 Å². The van der Waals surface area contributed by atoms with Crippen molar-refractivity contribution in [1.82, 2.24) is 5.32 Å². The van der Waals surface area contributed by atoms with Gasteiger partial charge in [-0.3, -0.25) is 9.59 Å². The third kappa shape index (κ3) is 4.11. The van der Waals surface area contributed by atoms with Crippen molar-refractivity contribution in [2.24, 2.45) is 0 Å². The summed E-state index contributed by atoms with van der Waals surface area (Å²) in [6.07, 6.45) is 4.75. The number of amides is 2. The Morgan fingerprint density at radius 2 is 1.61 bits per heavy atom. The number of benzene rings is 2. The number of carbonyl (C=O) groups is 2. The molecule has 2 aromatic rings. The zero-order valence-electron chi connectivity index (χ0n) is 15.6. The molecular weight excluding hydrogens is 356 g/mol. The first-order chi connectivity index (χ1) is 13.7. The predicted octanol–water partition coefficient (Wildman–Crippen LogP) is 3.53. The SMILES string of the molecule is O=C(NC1CCCCC1)c1ccccc1NC(=O)C1COc2ccccc2O1. The van der Waals surface area contributed by atoms with Crippen LogP contribution in [0.1, 0.15) is 42.5 Å². The monoisotopic (exact) mass is 380 g/mol. The minimum Gasteiger partial charge on any atom is -0.485 e. The van der Waals surface area contributed by atoms with Crippen LogP contribution in [0.15, 0.2) is 48.5 Å². The summed E-state index contributed by atoms with van der Waals surface area (Å²) in [4.78, 5) is 25.4. The lowest BCUT2D eigenvalue weighted by Crippen LogP contribution is -2.41. The summed E-state index contributed by atoms with van der Waals surface area (Å²) in [7, 11) is 0. The number of hydrogen-bond acceptors (Lipinski definition) is 4. The van der Waals surface area contributed by atoms with Crippen LogP contribution >= 0.6 is 0 Å². The van der Waals surface area contributed by atoms with Gasteiger partial charge in [0.1, 0.15) is 6.61 Å². The van der Waals surface area contributed by atoms with Crippen LogP contribution in [-0.4, -0.2) is 30.6 Å². The standard InChI is InChI=1S/C22H24N2O4/c25-21(23-15-8-2-1-3-9-15)16-10-4-5-11-17(16)24-22(26)20-14-27-18-12-6-7-13-19(18)28-20/h4-7,10-13,15,20H,1-3,8-9,14H2,(H,23,25)(H,24,26). The predicted molar refractivity (Wildman–Crippen MR) is 106 cm³/mol. The van der Waals surface area contributed by atoms with Gasteiger partial charge in [0.2, 0.25) is 6.10 Å². The minimum atomic E-state index is -0.774. The molecular formula is C22H24N2O4. The molecule has 4 rings (SSSR count). The van der Waals surface area contributed by atoms with Crippen molar-refractivity contribution in [3.8, 4) is 11.5 Å². The quantitative estimate of drug-likeness (QED) is 0.851. The fraction of sp³-hybridized carbons (Fsp3) is 0.364. The van der Waals surface area contributed by atoms with Gasteiger partial charge in [-0.25, -0.2) is 0 Å². The Balaban J connectivity index is 1.43. The van der Waals surface area contributed by atoms with E-state index in [0.29, 0.717) is 22.7 Å². The van der Waals surface area contributed by atoms with Gasteiger partial charge in [-0.05, 0) is 37.1 Å². The van der Waals surface area contributed by atoms with E-state index in [4.69, 9.17) is 9.47 Å². The maximum Gasteiger partial charge on any atom is 0.269 e. The molecule has 0 spiro atoms. The highest BCUT2D eigenvalue weighted by Crippen LogP contribution is 2.31. The first-order valence-electron chi connectivity index (χ1n) is 9.80. The third-order valence-corrected chi connectivity index (χ3v) is 5.17. The van der Waals surface area contributed by atoms with Gasteiger partial charge in [0, 0.05) is 6.04 Å². The Kier molecular flexibility index (Phi) is 5.46. The molecule has 28 heavy (non-hydrogen) atoms. The van der Waals surface area contributed by atoms with E-state index >= 15 is 0 Å². The minimum absolute atomic E-state index is 0.124. The topological polar surface area (TPSA) is 76.7 Å². The molecule has 0 radical (unpaired) electrons. The van der Waals surface area contributed by atoms with Crippen molar-refractivity contribution in [1.29, 1.82) is 0 Å². The van der Waals surface area contributed by atoms with E-state index in [2.05, 4.69) is 10.6 Å². The number of anilines is 1. The average Bonchev–Trinajstić information content (AvgIpc) is 2.74. The molecule has 2 N–H and O–H groups in total. The van der Waals surface area contributed by atoms with E-state index in [1.165, 1.54) is 6.42 Å². The number of nitrogens with one attached hydrogen (secondary N) is 2. The van der Waals surface area contributed by atoms with E-state index in [1.54, 1.807) is 36.4 Å². The first-order valence-corrected chi connectivity index (χ1v) is 9.80. The second kappa shape index (κ2) is 8.33. The summed E-state index contributed by atoms with van der Waals surface area (Å²) < 4.78 is 11.4. The molecule has 1 heterocycles.